The van der Waals surface area contributed by atoms with Crippen LogP contribution >= 0.6 is 0 Å². The van der Waals surface area contributed by atoms with Crippen LogP contribution in [0.1, 0.15) is 46.0 Å². The van der Waals surface area contributed by atoms with Crippen LogP contribution in [0.15, 0.2) is 11.6 Å². The van der Waals surface area contributed by atoms with Crippen LogP contribution in [0.3, 0.4) is 0 Å². The van der Waals surface area contributed by atoms with Crippen molar-refractivity contribution >= 4 is 5.91 Å². The predicted octanol–water partition coefficient (Wildman–Crippen LogP) is 2.40. The molecule has 3 saturated carbocycles. The summed E-state index contributed by atoms with van der Waals surface area (Å²) in [4.78, 5) is 11.0. The van der Waals surface area contributed by atoms with E-state index >= 15 is 0 Å². The predicted molar refractivity (Wildman–Crippen MR) is 69.8 cm³/mol. The molecule has 4 fully saturated rings. The first-order valence-electron chi connectivity index (χ1n) is 7.08. The average molecular weight is 249 g/mol. The zero-order valence-electron chi connectivity index (χ0n) is 11.4. The molecule has 0 radical (unpaired) electrons. The van der Waals surface area contributed by atoms with E-state index in [-0.39, 0.29) is 11.5 Å². The van der Waals surface area contributed by atoms with Crippen LogP contribution in [-0.2, 0) is 9.53 Å². The summed E-state index contributed by atoms with van der Waals surface area (Å²) in [6.07, 6.45) is 8.03. The van der Waals surface area contributed by atoms with Gasteiger partial charge in [0.15, 0.2) is 0 Å². The molecule has 3 heteroatoms. The highest BCUT2D eigenvalue weighted by molar-refractivity contribution is 5.91. The van der Waals surface area contributed by atoms with E-state index in [4.69, 9.17) is 10.5 Å². The van der Waals surface area contributed by atoms with Gasteiger partial charge in [-0.2, -0.15) is 0 Å². The lowest BCUT2D eigenvalue weighted by Gasteiger charge is -2.59. The largest absolute Gasteiger partial charge is 0.374 e. The Morgan fingerprint density at radius 1 is 1.56 bits per heavy atom. The SMILES string of the molecule is C/C(=C\CC[C@]12CO[C@]3(C)CC[C@H]1C[C@H]23)C(N)=O. The molecule has 0 aromatic carbocycles. The zero-order valence-corrected chi connectivity index (χ0v) is 11.4. The zero-order chi connectivity index (χ0) is 13.0. The normalized spacial score (nSPS) is 45.8. The monoisotopic (exact) mass is 249 g/mol. The molecule has 18 heavy (non-hydrogen) atoms. The van der Waals surface area contributed by atoms with Gasteiger partial charge in [-0.05, 0) is 57.8 Å². The number of primary amides is 1. The number of hydrogen-bond donors (Lipinski definition) is 1. The van der Waals surface area contributed by atoms with E-state index in [0.29, 0.717) is 11.0 Å². The second-order valence-electron chi connectivity index (χ2n) is 6.65. The first kappa shape index (κ1) is 12.2. The van der Waals surface area contributed by atoms with Crippen molar-refractivity contribution in [3.8, 4) is 0 Å². The minimum atomic E-state index is -0.297. The molecule has 0 aromatic heterocycles. The van der Waals surface area contributed by atoms with Crippen LogP contribution in [0.2, 0.25) is 0 Å². The smallest absolute Gasteiger partial charge is 0.244 e. The van der Waals surface area contributed by atoms with Gasteiger partial charge < -0.3 is 10.5 Å². The molecule has 1 saturated heterocycles. The van der Waals surface area contributed by atoms with Crippen molar-refractivity contribution in [1.29, 1.82) is 0 Å². The van der Waals surface area contributed by atoms with Gasteiger partial charge in [0.05, 0.1) is 12.2 Å². The standard InChI is InChI=1S/C15H23NO2/c1-10(13(16)17)4-3-6-15-9-18-14(2)7-5-11(15)8-12(14)15/h4,11-12H,3,5-9H2,1-2H3,(H2,16,17)/b10-4+/t11-,12-,14+,15-/m0/s1. The fraction of sp³-hybridized carbons (Fsp3) is 0.800. The second kappa shape index (κ2) is 3.83. The number of allylic oxidation sites excluding steroid dienone is 1. The van der Waals surface area contributed by atoms with Crippen LogP contribution in [0.5, 0.6) is 0 Å². The van der Waals surface area contributed by atoms with E-state index in [9.17, 15) is 4.79 Å². The molecule has 2 N–H and O–H groups in total. The first-order valence-corrected chi connectivity index (χ1v) is 7.08. The summed E-state index contributed by atoms with van der Waals surface area (Å²) in [5.74, 6) is 1.32. The van der Waals surface area contributed by atoms with Gasteiger partial charge >= 0.3 is 0 Å². The highest BCUT2D eigenvalue weighted by Gasteiger charge is 2.68. The van der Waals surface area contributed by atoms with Crippen molar-refractivity contribution in [1.82, 2.24) is 0 Å². The molecule has 3 aliphatic carbocycles. The van der Waals surface area contributed by atoms with Gasteiger partial charge in [-0.15, -0.1) is 0 Å². The maximum absolute atomic E-state index is 11.0. The van der Waals surface area contributed by atoms with E-state index in [2.05, 4.69) is 6.92 Å². The van der Waals surface area contributed by atoms with Crippen molar-refractivity contribution in [2.24, 2.45) is 23.0 Å². The van der Waals surface area contributed by atoms with Gasteiger partial charge in [0.25, 0.3) is 0 Å². The van der Waals surface area contributed by atoms with Crippen molar-refractivity contribution in [3.05, 3.63) is 11.6 Å². The molecule has 100 valence electrons. The van der Waals surface area contributed by atoms with Gasteiger partial charge in [0, 0.05) is 11.0 Å². The Balaban J connectivity index is 1.68. The van der Waals surface area contributed by atoms with Crippen LogP contribution in [0.25, 0.3) is 0 Å². The minimum absolute atomic E-state index is 0.150. The van der Waals surface area contributed by atoms with Crippen molar-refractivity contribution in [2.45, 2.75) is 51.6 Å². The summed E-state index contributed by atoms with van der Waals surface area (Å²) < 4.78 is 6.11. The third kappa shape index (κ3) is 1.49. The highest BCUT2D eigenvalue weighted by atomic mass is 16.5. The third-order valence-electron chi connectivity index (χ3n) is 5.87. The Morgan fingerprint density at radius 2 is 2.33 bits per heavy atom. The highest BCUT2D eigenvalue weighted by Crippen LogP contribution is 2.70. The number of fused-ring (bicyclic) bond motifs is 1. The molecule has 4 rings (SSSR count). The molecule has 0 spiro atoms. The van der Waals surface area contributed by atoms with Gasteiger partial charge in [0.2, 0.25) is 5.91 Å². The Morgan fingerprint density at radius 3 is 3.00 bits per heavy atom. The molecule has 3 nitrogen and oxygen atoms in total. The summed E-state index contributed by atoms with van der Waals surface area (Å²) in [5, 5.41) is 0. The Kier molecular flexibility index (Phi) is 2.60. The van der Waals surface area contributed by atoms with Crippen molar-refractivity contribution in [2.75, 3.05) is 6.61 Å². The van der Waals surface area contributed by atoms with E-state index in [1.807, 2.05) is 6.08 Å². The van der Waals surface area contributed by atoms with E-state index in [1.54, 1.807) is 6.92 Å². The Hall–Kier alpha value is -0.830. The summed E-state index contributed by atoms with van der Waals surface area (Å²) in [7, 11) is 0. The van der Waals surface area contributed by atoms with Crippen LogP contribution in [0, 0.1) is 17.3 Å². The number of hydrogen-bond acceptors (Lipinski definition) is 2. The number of carbonyl (C=O) groups is 1. The van der Waals surface area contributed by atoms with Crippen LogP contribution in [-0.4, -0.2) is 18.1 Å². The lowest BCUT2D eigenvalue weighted by Crippen LogP contribution is -2.57. The summed E-state index contributed by atoms with van der Waals surface area (Å²) in [6.45, 7) is 5.03. The molecule has 4 aliphatic rings. The van der Waals surface area contributed by atoms with E-state index in [0.717, 1.165) is 31.3 Å². The molecular weight excluding hydrogens is 226 g/mol. The molecule has 0 unspecified atom stereocenters. The maximum atomic E-state index is 11.0. The molecule has 0 aromatic rings. The van der Waals surface area contributed by atoms with E-state index in [1.165, 1.54) is 19.3 Å². The summed E-state index contributed by atoms with van der Waals surface area (Å²) in [6, 6.07) is 0. The van der Waals surface area contributed by atoms with Crippen LogP contribution in [0.4, 0.5) is 0 Å². The lowest BCUT2D eigenvalue weighted by molar-refractivity contribution is -0.115. The Bertz CT molecular complexity index is 415. The molecule has 1 heterocycles. The topological polar surface area (TPSA) is 52.3 Å². The van der Waals surface area contributed by atoms with Crippen LogP contribution < -0.4 is 5.73 Å². The summed E-state index contributed by atoms with van der Waals surface area (Å²) in [5.41, 5.74) is 6.51. The molecule has 4 bridgehead atoms. The van der Waals surface area contributed by atoms with Crippen molar-refractivity contribution < 1.29 is 9.53 Å². The third-order valence-corrected chi connectivity index (χ3v) is 5.87. The number of amides is 1. The molecular formula is C15H23NO2. The van der Waals surface area contributed by atoms with Gasteiger partial charge in [-0.1, -0.05) is 6.08 Å². The minimum Gasteiger partial charge on any atom is -0.374 e. The molecule has 4 atom stereocenters. The first-order chi connectivity index (χ1) is 8.48. The lowest BCUT2D eigenvalue weighted by atomic mass is 9.44. The van der Waals surface area contributed by atoms with Gasteiger partial charge in [-0.3, -0.25) is 4.79 Å². The van der Waals surface area contributed by atoms with E-state index < -0.39 is 0 Å². The number of ether oxygens (including phenoxy) is 1. The van der Waals surface area contributed by atoms with Crippen molar-refractivity contribution in [3.63, 3.8) is 0 Å². The van der Waals surface area contributed by atoms with Gasteiger partial charge in [0.1, 0.15) is 0 Å². The summed E-state index contributed by atoms with van der Waals surface area (Å²) >= 11 is 0. The fourth-order valence-corrected chi connectivity index (χ4v) is 4.57. The quantitative estimate of drug-likeness (QED) is 0.778. The average Bonchev–Trinajstić information content (AvgIpc) is 2.45. The molecule has 1 aliphatic heterocycles. The number of carbonyl (C=O) groups excluding carboxylic acids is 1. The Labute approximate surface area is 109 Å². The number of rotatable bonds is 4. The number of nitrogens with two attached hydrogens (primary N) is 1. The van der Waals surface area contributed by atoms with Gasteiger partial charge in [-0.25, -0.2) is 0 Å². The molecule has 1 amide bonds. The maximum Gasteiger partial charge on any atom is 0.244 e. The second-order valence-corrected chi connectivity index (χ2v) is 6.65. The fourth-order valence-electron chi connectivity index (χ4n) is 4.57.